The Hall–Kier alpha value is -2.04. The smallest absolute Gasteiger partial charge is 0.357 e. The lowest BCUT2D eigenvalue weighted by molar-refractivity contribution is 0.0515. The molecule has 0 atom stereocenters. The van der Waals surface area contributed by atoms with Gasteiger partial charge < -0.3 is 15.5 Å². The molecule has 0 bridgehead atoms. The van der Waals surface area contributed by atoms with Gasteiger partial charge in [-0.1, -0.05) is 6.07 Å². The van der Waals surface area contributed by atoms with Gasteiger partial charge >= 0.3 is 5.97 Å². The highest BCUT2D eigenvalue weighted by Crippen LogP contribution is 2.25. The summed E-state index contributed by atoms with van der Waals surface area (Å²) >= 11 is 0. The normalized spacial score (nSPS) is 10.6. The molecule has 0 radical (unpaired) electrons. The number of halogens is 1. The van der Waals surface area contributed by atoms with Crippen molar-refractivity contribution in [2.24, 2.45) is 0 Å². The van der Waals surface area contributed by atoms with Crippen LogP contribution in [0.4, 0.5) is 10.1 Å². The average molecular weight is 222 g/mol. The summed E-state index contributed by atoms with van der Waals surface area (Å²) in [4.78, 5) is 14.1. The Bertz CT molecular complexity index is 548. The molecule has 0 aliphatic rings. The van der Waals surface area contributed by atoms with E-state index in [4.69, 9.17) is 10.5 Å². The fourth-order valence-corrected chi connectivity index (χ4v) is 1.55. The summed E-state index contributed by atoms with van der Waals surface area (Å²) in [5.74, 6) is -1.34. The number of rotatable bonds is 2. The summed E-state index contributed by atoms with van der Waals surface area (Å²) in [6, 6.07) is 4.82. The highest BCUT2D eigenvalue weighted by molar-refractivity contribution is 5.99. The number of esters is 1. The molecule has 0 saturated heterocycles. The van der Waals surface area contributed by atoms with Crippen LogP contribution in [0.25, 0.3) is 10.9 Å². The Morgan fingerprint density at radius 3 is 2.94 bits per heavy atom. The lowest BCUT2D eigenvalue weighted by Crippen LogP contribution is -2.06. The fourth-order valence-electron chi connectivity index (χ4n) is 1.55. The molecule has 4 nitrogen and oxygen atoms in total. The second-order valence-corrected chi connectivity index (χ2v) is 3.30. The Morgan fingerprint density at radius 1 is 1.56 bits per heavy atom. The minimum absolute atomic E-state index is 0.185. The number of benzene rings is 1. The molecule has 5 heteroatoms. The third kappa shape index (κ3) is 1.50. The maximum absolute atomic E-state index is 13.8. The van der Waals surface area contributed by atoms with Crippen LogP contribution in [0.1, 0.15) is 17.4 Å². The highest BCUT2D eigenvalue weighted by Gasteiger charge is 2.19. The number of nitrogens with two attached hydrogens (primary N) is 1. The molecular weight excluding hydrogens is 211 g/mol. The lowest BCUT2D eigenvalue weighted by atomic mass is 10.2. The summed E-state index contributed by atoms with van der Waals surface area (Å²) in [6.45, 7) is 1.86. The molecule has 0 amide bonds. The zero-order chi connectivity index (χ0) is 11.7. The van der Waals surface area contributed by atoms with Crippen molar-refractivity contribution in [1.82, 2.24) is 4.98 Å². The zero-order valence-electron chi connectivity index (χ0n) is 8.71. The number of para-hydroxylation sites is 1. The number of hydrogen-bond acceptors (Lipinski definition) is 3. The Kier molecular flexibility index (Phi) is 2.52. The van der Waals surface area contributed by atoms with E-state index in [0.717, 1.165) is 0 Å². The number of aromatic nitrogens is 1. The van der Waals surface area contributed by atoms with Gasteiger partial charge in [-0.2, -0.15) is 0 Å². The van der Waals surface area contributed by atoms with Crippen LogP contribution in [-0.2, 0) is 4.74 Å². The van der Waals surface area contributed by atoms with E-state index in [0.29, 0.717) is 16.6 Å². The van der Waals surface area contributed by atoms with Crippen molar-refractivity contribution < 1.29 is 13.9 Å². The van der Waals surface area contributed by atoms with E-state index in [-0.39, 0.29) is 12.3 Å². The number of carbonyl (C=O) groups excluding carboxylic acids is 1. The van der Waals surface area contributed by atoms with Gasteiger partial charge in [-0.3, -0.25) is 0 Å². The van der Waals surface area contributed by atoms with Crippen molar-refractivity contribution in [3.63, 3.8) is 0 Å². The lowest BCUT2D eigenvalue weighted by Gasteiger charge is -1.97. The number of carbonyl (C=O) groups is 1. The number of nitrogens with one attached hydrogen (secondary N) is 1. The maximum atomic E-state index is 13.8. The minimum atomic E-state index is -0.712. The fraction of sp³-hybridized carbons (Fsp3) is 0.182. The second kappa shape index (κ2) is 3.84. The number of nitrogen functional groups attached to an aromatic ring is 1. The van der Waals surface area contributed by atoms with Gasteiger partial charge in [-0.15, -0.1) is 0 Å². The standard InChI is InChI=1S/C11H11FN2O2/c1-2-16-11(15)10-8(12)6-4-3-5-7(13)9(6)14-10/h3-5,14H,2,13H2,1H3. The van der Waals surface area contributed by atoms with E-state index in [9.17, 15) is 9.18 Å². The number of ether oxygens (including phenoxy) is 1. The molecule has 2 rings (SSSR count). The van der Waals surface area contributed by atoms with Crippen LogP contribution in [0.15, 0.2) is 18.2 Å². The maximum Gasteiger partial charge on any atom is 0.357 e. The first-order valence-corrected chi connectivity index (χ1v) is 4.88. The van der Waals surface area contributed by atoms with Crippen LogP contribution in [0, 0.1) is 5.82 Å². The van der Waals surface area contributed by atoms with Crippen molar-refractivity contribution in [3.8, 4) is 0 Å². The predicted octanol–water partition coefficient (Wildman–Crippen LogP) is 2.07. The average Bonchev–Trinajstić information content (AvgIpc) is 2.59. The molecular formula is C11H11FN2O2. The summed E-state index contributed by atoms with van der Waals surface area (Å²) in [6.07, 6.45) is 0. The molecule has 0 unspecified atom stereocenters. The van der Waals surface area contributed by atoms with Crippen molar-refractivity contribution in [3.05, 3.63) is 29.7 Å². The van der Waals surface area contributed by atoms with Crippen LogP contribution in [0.5, 0.6) is 0 Å². The quantitative estimate of drug-likeness (QED) is 0.603. The minimum Gasteiger partial charge on any atom is -0.461 e. The monoisotopic (exact) mass is 222 g/mol. The first-order chi connectivity index (χ1) is 7.65. The molecule has 3 N–H and O–H groups in total. The highest BCUT2D eigenvalue weighted by atomic mass is 19.1. The van der Waals surface area contributed by atoms with Gasteiger partial charge in [0.25, 0.3) is 0 Å². The third-order valence-corrected chi connectivity index (χ3v) is 2.28. The number of aromatic amines is 1. The molecule has 2 aromatic rings. The van der Waals surface area contributed by atoms with E-state index in [1.165, 1.54) is 0 Å². The molecule has 84 valence electrons. The van der Waals surface area contributed by atoms with E-state index in [2.05, 4.69) is 4.98 Å². The molecule has 0 fully saturated rings. The molecule has 0 spiro atoms. The van der Waals surface area contributed by atoms with Crippen molar-refractivity contribution in [1.29, 1.82) is 0 Å². The Morgan fingerprint density at radius 2 is 2.31 bits per heavy atom. The van der Waals surface area contributed by atoms with E-state index < -0.39 is 11.8 Å². The molecule has 1 aromatic heterocycles. The van der Waals surface area contributed by atoms with Crippen molar-refractivity contribution in [2.75, 3.05) is 12.3 Å². The van der Waals surface area contributed by atoms with Crippen LogP contribution in [0.2, 0.25) is 0 Å². The predicted molar refractivity (Wildman–Crippen MR) is 58.6 cm³/mol. The zero-order valence-corrected chi connectivity index (χ0v) is 8.71. The summed E-state index contributed by atoms with van der Waals surface area (Å²) in [5.41, 5.74) is 6.29. The van der Waals surface area contributed by atoms with Crippen LogP contribution in [0.3, 0.4) is 0 Å². The van der Waals surface area contributed by atoms with Gasteiger partial charge in [0.2, 0.25) is 0 Å². The summed E-state index contributed by atoms with van der Waals surface area (Å²) in [5, 5.41) is 0.294. The van der Waals surface area contributed by atoms with Crippen LogP contribution < -0.4 is 5.73 Å². The topological polar surface area (TPSA) is 68.1 Å². The molecule has 0 aliphatic carbocycles. The molecule has 0 saturated carbocycles. The Balaban J connectivity index is 2.60. The van der Waals surface area contributed by atoms with Gasteiger partial charge in [0, 0.05) is 5.39 Å². The van der Waals surface area contributed by atoms with Gasteiger partial charge in [0.1, 0.15) is 0 Å². The van der Waals surface area contributed by atoms with E-state index in [1.807, 2.05) is 0 Å². The Labute approximate surface area is 91.2 Å². The SMILES string of the molecule is CCOC(=O)c1[nH]c2c(N)cccc2c1F. The van der Waals surface area contributed by atoms with Crippen molar-refractivity contribution >= 4 is 22.6 Å². The van der Waals surface area contributed by atoms with Gasteiger partial charge in [0.15, 0.2) is 11.5 Å². The number of H-pyrrole nitrogens is 1. The van der Waals surface area contributed by atoms with E-state index in [1.54, 1.807) is 25.1 Å². The second-order valence-electron chi connectivity index (χ2n) is 3.30. The molecule has 16 heavy (non-hydrogen) atoms. The van der Waals surface area contributed by atoms with E-state index >= 15 is 0 Å². The molecule has 1 heterocycles. The summed E-state index contributed by atoms with van der Waals surface area (Å²) in [7, 11) is 0. The summed E-state index contributed by atoms with van der Waals surface area (Å²) < 4.78 is 18.5. The van der Waals surface area contributed by atoms with Crippen LogP contribution >= 0.6 is 0 Å². The number of anilines is 1. The third-order valence-electron chi connectivity index (χ3n) is 2.28. The number of hydrogen-bond donors (Lipinski definition) is 2. The van der Waals surface area contributed by atoms with Gasteiger partial charge in [-0.05, 0) is 19.1 Å². The first kappa shape index (κ1) is 10.5. The number of fused-ring (bicyclic) bond motifs is 1. The van der Waals surface area contributed by atoms with Crippen molar-refractivity contribution in [2.45, 2.75) is 6.92 Å². The first-order valence-electron chi connectivity index (χ1n) is 4.88. The van der Waals surface area contributed by atoms with Crippen LogP contribution in [-0.4, -0.2) is 17.6 Å². The van der Waals surface area contributed by atoms with Gasteiger partial charge in [-0.25, -0.2) is 9.18 Å². The molecule has 0 aliphatic heterocycles. The van der Waals surface area contributed by atoms with Gasteiger partial charge in [0.05, 0.1) is 17.8 Å². The largest absolute Gasteiger partial charge is 0.461 e. The molecule has 1 aromatic carbocycles.